The molecule has 0 aliphatic carbocycles. The normalized spacial score (nSPS) is 4.14. The van der Waals surface area contributed by atoms with Gasteiger partial charge in [-0.1, -0.05) is 0 Å². The molecule has 37 valence electrons. The van der Waals surface area contributed by atoms with Gasteiger partial charge in [0.05, 0.1) is 0 Å². The second-order valence-corrected chi connectivity index (χ2v) is 0.519. The van der Waals surface area contributed by atoms with Crippen molar-refractivity contribution >= 4 is 15.3 Å². The Kier molecular flexibility index (Phi) is 35.2. The van der Waals surface area contributed by atoms with Crippen molar-refractivity contribution in [3.05, 3.63) is 0 Å². The summed E-state index contributed by atoms with van der Waals surface area (Å²) in [5, 5.41) is 7.42. The quantitative estimate of drug-likeness (QED) is 0.598. The average molecular weight is 209 g/mol. The molecule has 5 heteroatoms. The molecule has 7 heavy (non-hydrogen) atoms. The molecule has 0 rings (SSSR count). The van der Waals surface area contributed by atoms with Crippen molar-refractivity contribution in [2.75, 3.05) is 0 Å². The third-order valence-corrected chi connectivity index (χ3v) is 0. The van der Waals surface area contributed by atoms with E-state index in [0.717, 1.165) is 6.92 Å². The summed E-state index contributed by atoms with van der Waals surface area (Å²) in [6.07, 6.45) is 0. The number of halogens is 1. The minimum absolute atomic E-state index is 0. The van der Waals surface area contributed by atoms with Crippen molar-refractivity contribution < 1.29 is 48.8 Å². The molecule has 0 bridgehead atoms. The first kappa shape index (κ1) is 15.7. The van der Waals surface area contributed by atoms with Gasteiger partial charge in [-0.3, -0.25) is 4.79 Å². The van der Waals surface area contributed by atoms with Crippen LogP contribution in [-0.2, 0) is 43.6 Å². The van der Waals surface area contributed by atoms with Gasteiger partial charge in [0, 0.05) is 26.4 Å². The van der Waals surface area contributed by atoms with Crippen LogP contribution in [-0.4, -0.2) is 11.1 Å². The van der Waals surface area contributed by atoms with Gasteiger partial charge in [0.1, 0.15) is 0 Å². The van der Waals surface area contributed by atoms with Gasteiger partial charge in [0.2, 0.25) is 0 Å². The van der Waals surface area contributed by atoms with Gasteiger partial charge in [0.25, 0.3) is 5.97 Å². The number of aliphatic carboxylic acids is 1. The van der Waals surface area contributed by atoms with Crippen LogP contribution in [0, 0.1) is 0 Å². The number of hydrogen-bond acceptors (Lipinski definition) is 1. The van der Waals surface area contributed by atoms with Crippen LogP contribution in [0.5, 0.6) is 0 Å². The van der Waals surface area contributed by atoms with E-state index < -0.39 is 5.97 Å². The van der Waals surface area contributed by atoms with E-state index in [0.29, 0.717) is 0 Å². The molecule has 2 nitrogen and oxygen atoms in total. The van der Waals surface area contributed by atoms with E-state index in [1.165, 1.54) is 19.4 Å². The van der Waals surface area contributed by atoms with Gasteiger partial charge < -0.3 is 5.11 Å². The Morgan fingerprint density at radius 2 is 1.71 bits per heavy atom. The first-order chi connectivity index (χ1) is 2.73. The number of carboxylic acid groups (broad SMARTS) is 1. The summed E-state index contributed by atoms with van der Waals surface area (Å²) in [5.74, 6) is -0.833. The van der Waals surface area contributed by atoms with E-state index in [-0.39, 0.29) is 19.5 Å². The van der Waals surface area contributed by atoms with Crippen molar-refractivity contribution in [1.29, 1.82) is 0 Å². The van der Waals surface area contributed by atoms with Crippen LogP contribution in [0.1, 0.15) is 6.92 Å². The van der Waals surface area contributed by atoms with Gasteiger partial charge in [0.15, 0.2) is 0 Å². The molecule has 0 saturated carbocycles. The smallest absolute Gasteiger partial charge is 0 e. The van der Waals surface area contributed by atoms with E-state index in [4.69, 9.17) is 9.90 Å². The maximum Gasteiger partial charge on any atom is 0 e. The Labute approximate surface area is 70.7 Å². The molecule has 0 saturated heterocycles. The second-order valence-electron chi connectivity index (χ2n) is 0.519. The van der Waals surface area contributed by atoms with Crippen molar-refractivity contribution in [2.24, 2.45) is 0 Å². The SMILES string of the molecule is CC(=O)O.[Cl][Ti].[Zn]. The molecule has 1 N–H and O–H groups in total. The Morgan fingerprint density at radius 1 is 1.71 bits per heavy atom. The van der Waals surface area contributed by atoms with Crippen molar-refractivity contribution in [2.45, 2.75) is 6.92 Å². The van der Waals surface area contributed by atoms with Gasteiger partial charge >= 0.3 is 28.7 Å². The minimum Gasteiger partial charge on any atom is 0 e. The molecule has 0 aromatic rings. The Bertz CT molecular complexity index is 38.7. The van der Waals surface area contributed by atoms with E-state index in [2.05, 4.69) is 9.30 Å². The fourth-order valence-corrected chi connectivity index (χ4v) is 0. The van der Waals surface area contributed by atoms with Gasteiger partial charge in [-0.05, 0) is 0 Å². The van der Waals surface area contributed by atoms with Crippen LogP contribution in [0.3, 0.4) is 0 Å². The van der Waals surface area contributed by atoms with Crippen LogP contribution in [0.4, 0.5) is 0 Å². The predicted molar refractivity (Wildman–Crippen MR) is 19.2 cm³/mol. The molecule has 0 fully saturated rings. The molecule has 0 atom stereocenters. The largest absolute Gasteiger partial charge is 0 e. The molecular weight excluding hydrogens is 205 g/mol. The maximum atomic E-state index is 9.00. The van der Waals surface area contributed by atoms with Crippen molar-refractivity contribution in [3.63, 3.8) is 0 Å². The third-order valence-electron chi connectivity index (χ3n) is 0. The summed E-state index contributed by atoms with van der Waals surface area (Å²) >= 11 is 1.47. The zero-order valence-corrected chi connectivity index (χ0v) is 9.23. The fourth-order valence-electron chi connectivity index (χ4n) is 0. The number of carboxylic acids is 1. The van der Waals surface area contributed by atoms with Crippen molar-refractivity contribution in [3.8, 4) is 0 Å². The zero-order chi connectivity index (χ0) is 5.58. The Morgan fingerprint density at radius 3 is 1.71 bits per heavy atom. The summed E-state index contributed by atoms with van der Waals surface area (Å²) < 4.78 is 0. The molecule has 0 aliphatic heterocycles. The van der Waals surface area contributed by atoms with Crippen LogP contribution in [0.15, 0.2) is 0 Å². The van der Waals surface area contributed by atoms with Gasteiger partial charge in [-0.2, -0.15) is 0 Å². The summed E-state index contributed by atoms with van der Waals surface area (Å²) in [7, 11) is 4.64. The number of rotatable bonds is 0. The molecule has 0 spiro atoms. The third kappa shape index (κ3) is 153. The molecule has 0 amide bonds. The predicted octanol–water partition coefficient (Wildman–Crippen LogP) is 0.775. The van der Waals surface area contributed by atoms with E-state index in [1.807, 2.05) is 0 Å². The maximum absolute atomic E-state index is 9.00. The van der Waals surface area contributed by atoms with Crippen LogP contribution in [0.25, 0.3) is 0 Å². The molecule has 0 heterocycles. The molecule has 0 unspecified atom stereocenters. The Balaban J connectivity index is -0.0000000480. The van der Waals surface area contributed by atoms with Gasteiger partial charge in [-0.25, -0.2) is 0 Å². The van der Waals surface area contributed by atoms with Crippen LogP contribution in [0.2, 0.25) is 0 Å². The summed E-state index contributed by atoms with van der Waals surface area (Å²) in [6.45, 7) is 1.08. The Hall–Kier alpha value is 1.10. The molecular formula is C2H4ClO2TiZn. The molecule has 0 aromatic heterocycles. The fraction of sp³-hybridized carbons (Fsp3) is 0.500. The van der Waals surface area contributed by atoms with Gasteiger partial charge in [-0.15, -0.1) is 0 Å². The number of carbonyl (C=O) groups is 1. The average Bonchev–Trinajstić information content (AvgIpc) is 1.41. The molecule has 0 radical (unpaired) electrons. The standard InChI is InChI=1S/C2H4O2.ClH.Ti.Zn/c1-2(3)4;;;/h1H3,(H,3,4);1H;;/q;;+1;/p-1. The monoisotopic (exact) mass is 207 g/mol. The zero-order valence-electron chi connectivity index (χ0n) is 3.94. The molecule has 0 aromatic carbocycles. The van der Waals surface area contributed by atoms with E-state index in [1.54, 1.807) is 0 Å². The van der Waals surface area contributed by atoms with E-state index >= 15 is 0 Å². The second kappa shape index (κ2) is 15.7. The van der Waals surface area contributed by atoms with Crippen LogP contribution >= 0.6 is 9.30 Å². The van der Waals surface area contributed by atoms with Crippen LogP contribution < -0.4 is 0 Å². The summed E-state index contributed by atoms with van der Waals surface area (Å²) in [6, 6.07) is 0. The summed E-state index contributed by atoms with van der Waals surface area (Å²) in [4.78, 5) is 9.00. The first-order valence-corrected chi connectivity index (χ1v) is 3.27. The van der Waals surface area contributed by atoms with E-state index in [9.17, 15) is 0 Å². The summed E-state index contributed by atoms with van der Waals surface area (Å²) in [5.41, 5.74) is 0. The molecule has 0 aliphatic rings. The topological polar surface area (TPSA) is 37.3 Å². The number of hydrogen-bond donors (Lipinski definition) is 1. The minimum atomic E-state index is -0.833. The van der Waals surface area contributed by atoms with Crippen molar-refractivity contribution in [1.82, 2.24) is 0 Å². The first-order valence-electron chi connectivity index (χ1n) is 1.12.